The Bertz CT molecular complexity index is 445. The largest absolute Gasteiger partial charge is 0.396 e. The van der Waals surface area contributed by atoms with Crippen molar-refractivity contribution >= 4 is 19.0 Å². The standard InChI is InChI=1S/C15H28NO6P/c1-4-21-23(20,22-5-2)15(18)10-9-14(17)16(19)13-8-6-7-12(3)11-13/h12-13,19H,4-11H2,1-3H3. The highest BCUT2D eigenvalue weighted by molar-refractivity contribution is 7.71. The molecule has 1 aliphatic rings. The van der Waals surface area contributed by atoms with Gasteiger partial charge in [0.15, 0.2) is 0 Å². The van der Waals surface area contributed by atoms with Crippen LogP contribution in [-0.2, 0) is 23.2 Å². The molecule has 1 rings (SSSR count). The molecule has 2 atom stereocenters. The molecule has 1 amide bonds. The summed E-state index contributed by atoms with van der Waals surface area (Å²) in [5.41, 5.74) is -0.722. The Balaban J connectivity index is 2.53. The van der Waals surface area contributed by atoms with Crippen LogP contribution in [-0.4, -0.2) is 41.0 Å². The molecule has 0 spiro atoms. The summed E-state index contributed by atoms with van der Waals surface area (Å²) >= 11 is 0. The second-order valence-electron chi connectivity index (χ2n) is 5.89. The van der Waals surface area contributed by atoms with E-state index in [4.69, 9.17) is 9.05 Å². The predicted molar refractivity (Wildman–Crippen MR) is 85.2 cm³/mol. The second-order valence-corrected chi connectivity index (χ2v) is 7.90. The molecule has 0 bridgehead atoms. The van der Waals surface area contributed by atoms with Crippen LogP contribution in [0, 0.1) is 5.92 Å². The lowest BCUT2D eigenvalue weighted by Crippen LogP contribution is -2.40. The van der Waals surface area contributed by atoms with Gasteiger partial charge in [-0.05, 0) is 32.6 Å². The second kappa shape index (κ2) is 9.52. The minimum absolute atomic E-state index is 0.0864. The van der Waals surface area contributed by atoms with Gasteiger partial charge in [0.2, 0.25) is 11.4 Å². The van der Waals surface area contributed by atoms with Gasteiger partial charge in [-0.3, -0.25) is 19.4 Å². The molecule has 2 unspecified atom stereocenters. The highest BCUT2D eigenvalue weighted by Gasteiger charge is 2.35. The van der Waals surface area contributed by atoms with E-state index in [-0.39, 0.29) is 32.1 Å². The number of carbonyl (C=O) groups is 2. The molecule has 1 saturated carbocycles. The summed E-state index contributed by atoms with van der Waals surface area (Å²) < 4.78 is 22.2. The van der Waals surface area contributed by atoms with Gasteiger partial charge < -0.3 is 9.05 Å². The molecule has 0 aliphatic heterocycles. The summed E-state index contributed by atoms with van der Waals surface area (Å²) in [6.45, 7) is 5.49. The van der Waals surface area contributed by atoms with E-state index >= 15 is 0 Å². The lowest BCUT2D eigenvalue weighted by atomic mass is 9.87. The third-order valence-corrected chi connectivity index (χ3v) is 6.00. The van der Waals surface area contributed by atoms with Crippen LogP contribution in [0.5, 0.6) is 0 Å². The zero-order valence-electron chi connectivity index (χ0n) is 14.2. The fraction of sp³-hybridized carbons (Fsp3) is 0.867. The predicted octanol–water partition coefficient (Wildman–Crippen LogP) is 3.36. The number of amides is 1. The zero-order chi connectivity index (χ0) is 17.5. The lowest BCUT2D eigenvalue weighted by Gasteiger charge is -2.32. The van der Waals surface area contributed by atoms with Gasteiger partial charge in [-0.25, -0.2) is 5.06 Å². The molecule has 8 heteroatoms. The van der Waals surface area contributed by atoms with E-state index in [9.17, 15) is 19.4 Å². The van der Waals surface area contributed by atoms with Crippen LogP contribution < -0.4 is 0 Å². The summed E-state index contributed by atoms with van der Waals surface area (Å²) in [5.74, 6) is -0.0639. The molecular weight excluding hydrogens is 321 g/mol. The molecule has 23 heavy (non-hydrogen) atoms. The monoisotopic (exact) mass is 349 g/mol. The number of hydroxylamine groups is 2. The Morgan fingerprint density at radius 3 is 2.30 bits per heavy atom. The zero-order valence-corrected chi connectivity index (χ0v) is 15.1. The number of carbonyl (C=O) groups excluding carboxylic acids is 2. The van der Waals surface area contributed by atoms with Gasteiger partial charge in [-0.1, -0.05) is 19.8 Å². The first-order valence-electron chi connectivity index (χ1n) is 8.27. The highest BCUT2D eigenvalue weighted by atomic mass is 31.2. The fourth-order valence-electron chi connectivity index (χ4n) is 2.81. The van der Waals surface area contributed by atoms with Gasteiger partial charge in [0.25, 0.3) is 0 Å². The van der Waals surface area contributed by atoms with Crippen LogP contribution in [0.4, 0.5) is 0 Å². The maximum atomic E-state index is 12.3. The summed E-state index contributed by atoms with van der Waals surface area (Å²) in [6.07, 6.45) is 3.12. The number of hydrogen-bond donors (Lipinski definition) is 1. The Morgan fingerprint density at radius 2 is 1.78 bits per heavy atom. The topological polar surface area (TPSA) is 93.1 Å². The molecule has 0 aromatic rings. The molecule has 1 fully saturated rings. The maximum absolute atomic E-state index is 12.3. The van der Waals surface area contributed by atoms with Gasteiger partial charge in [0.1, 0.15) is 0 Å². The summed E-state index contributed by atoms with van der Waals surface area (Å²) in [7, 11) is -3.83. The van der Waals surface area contributed by atoms with E-state index in [1.165, 1.54) is 0 Å². The van der Waals surface area contributed by atoms with Crippen molar-refractivity contribution in [2.75, 3.05) is 13.2 Å². The van der Waals surface area contributed by atoms with Crippen molar-refractivity contribution < 1.29 is 28.4 Å². The van der Waals surface area contributed by atoms with Gasteiger partial charge in [-0.15, -0.1) is 0 Å². The molecule has 0 heterocycles. The van der Waals surface area contributed by atoms with Gasteiger partial charge in [0, 0.05) is 12.8 Å². The van der Waals surface area contributed by atoms with Crippen molar-refractivity contribution in [2.45, 2.75) is 65.3 Å². The van der Waals surface area contributed by atoms with Crippen molar-refractivity contribution in [3.63, 3.8) is 0 Å². The Kier molecular flexibility index (Phi) is 8.40. The van der Waals surface area contributed by atoms with Crippen molar-refractivity contribution in [3.05, 3.63) is 0 Å². The van der Waals surface area contributed by atoms with Crippen molar-refractivity contribution in [1.82, 2.24) is 5.06 Å². The molecular formula is C15H28NO6P. The van der Waals surface area contributed by atoms with Gasteiger partial charge in [-0.2, -0.15) is 0 Å². The number of hydrogen-bond acceptors (Lipinski definition) is 6. The highest BCUT2D eigenvalue weighted by Crippen LogP contribution is 2.50. The third-order valence-electron chi connectivity index (χ3n) is 3.97. The van der Waals surface area contributed by atoms with E-state index in [2.05, 4.69) is 6.92 Å². The van der Waals surface area contributed by atoms with Crippen LogP contribution in [0.2, 0.25) is 0 Å². The minimum atomic E-state index is -3.83. The first kappa shape index (κ1) is 20.3. The van der Waals surface area contributed by atoms with Crippen molar-refractivity contribution in [2.24, 2.45) is 5.92 Å². The molecule has 0 aromatic carbocycles. The quantitative estimate of drug-likeness (QED) is 0.390. The first-order valence-corrected chi connectivity index (χ1v) is 9.81. The van der Waals surface area contributed by atoms with E-state index in [0.29, 0.717) is 5.92 Å². The third kappa shape index (κ3) is 5.99. The first-order chi connectivity index (χ1) is 10.8. The van der Waals surface area contributed by atoms with Crippen molar-refractivity contribution in [1.29, 1.82) is 0 Å². The summed E-state index contributed by atoms with van der Waals surface area (Å²) in [6, 6.07) is -0.202. The Labute approximate surface area is 137 Å². The van der Waals surface area contributed by atoms with E-state index in [1.54, 1.807) is 13.8 Å². The van der Waals surface area contributed by atoms with Crippen LogP contribution in [0.25, 0.3) is 0 Å². The minimum Gasteiger partial charge on any atom is -0.303 e. The van der Waals surface area contributed by atoms with E-state index < -0.39 is 19.0 Å². The average molecular weight is 349 g/mol. The van der Waals surface area contributed by atoms with Gasteiger partial charge >= 0.3 is 7.60 Å². The SMILES string of the molecule is CCOP(=O)(OCC)C(=O)CCC(=O)N(O)C1CCCC(C)C1. The average Bonchev–Trinajstić information content (AvgIpc) is 2.51. The van der Waals surface area contributed by atoms with Gasteiger partial charge in [0.05, 0.1) is 19.3 Å². The van der Waals surface area contributed by atoms with Crippen LogP contribution in [0.3, 0.4) is 0 Å². The molecule has 0 aromatic heterocycles. The molecule has 134 valence electrons. The van der Waals surface area contributed by atoms with E-state index in [0.717, 1.165) is 30.7 Å². The molecule has 0 saturated heterocycles. The van der Waals surface area contributed by atoms with Crippen LogP contribution in [0.1, 0.15) is 59.3 Å². The fourth-order valence-corrected chi connectivity index (χ4v) is 4.24. The lowest BCUT2D eigenvalue weighted by molar-refractivity contribution is -0.179. The number of nitrogens with zero attached hydrogens (tertiary/aromatic N) is 1. The van der Waals surface area contributed by atoms with Crippen LogP contribution >= 0.6 is 7.60 Å². The summed E-state index contributed by atoms with van der Waals surface area (Å²) in [5, 5.41) is 10.8. The van der Waals surface area contributed by atoms with E-state index in [1.807, 2.05) is 0 Å². The normalized spacial score (nSPS) is 21.9. The maximum Gasteiger partial charge on any atom is 0.396 e. The van der Waals surface area contributed by atoms with Crippen LogP contribution in [0.15, 0.2) is 0 Å². The molecule has 7 nitrogen and oxygen atoms in total. The van der Waals surface area contributed by atoms with Crippen molar-refractivity contribution in [3.8, 4) is 0 Å². The number of rotatable bonds is 9. The smallest absolute Gasteiger partial charge is 0.303 e. The Hall–Kier alpha value is -0.750. The Morgan fingerprint density at radius 1 is 1.17 bits per heavy atom. The molecule has 1 aliphatic carbocycles. The molecule has 1 N–H and O–H groups in total. The molecule has 0 radical (unpaired) electrons. The summed E-state index contributed by atoms with van der Waals surface area (Å²) in [4.78, 5) is 24.1.